The van der Waals surface area contributed by atoms with Crippen LogP contribution in [-0.2, 0) is 9.59 Å². The van der Waals surface area contributed by atoms with Gasteiger partial charge in [0.05, 0.1) is 23.5 Å². The zero-order valence-corrected chi connectivity index (χ0v) is 11.4. The molecule has 0 saturated carbocycles. The number of nitrogens with zero attached hydrogens (tertiary/aromatic N) is 4. The molecule has 0 aliphatic carbocycles. The van der Waals surface area contributed by atoms with Gasteiger partial charge in [-0.25, -0.2) is 9.67 Å². The van der Waals surface area contributed by atoms with Gasteiger partial charge in [0.15, 0.2) is 5.82 Å². The van der Waals surface area contributed by atoms with Gasteiger partial charge in [0.25, 0.3) is 0 Å². The molecule has 7 heteroatoms. The molecule has 3 rings (SSSR count). The second kappa shape index (κ2) is 5.01. The smallest absolute Gasteiger partial charge is 0.308 e. The zero-order chi connectivity index (χ0) is 15.0. The van der Waals surface area contributed by atoms with Crippen LogP contribution in [0.4, 0.5) is 5.69 Å². The van der Waals surface area contributed by atoms with E-state index in [0.717, 1.165) is 0 Å². The maximum Gasteiger partial charge on any atom is 0.308 e. The number of rotatable bonds is 3. The minimum Gasteiger partial charge on any atom is -0.481 e. The van der Waals surface area contributed by atoms with Crippen LogP contribution in [-0.4, -0.2) is 38.3 Å². The predicted octanol–water partition coefficient (Wildman–Crippen LogP) is 1.01. The van der Waals surface area contributed by atoms with Gasteiger partial charge in [-0.05, 0) is 19.1 Å². The van der Waals surface area contributed by atoms with Crippen LogP contribution >= 0.6 is 0 Å². The molecule has 1 fully saturated rings. The number of carbonyl (C=O) groups excluding carboxylic acids is 1. The van der Waals surface area contributed by atoms with Crippen molar-refractivity contribution in [2.24, 2.45) is 5.92 Å². The summed E-state index contributed by atoms with van der Waals surface area (Å²) in [5, 5.41) is 13.4. The number of hydrogen-bond acceptors (Lipinski definition) is 4. The third-order valence-electron chi connectivity index (χ3n) is 3.52. The highest BCUT2D eigenvalue weighted by atomic mass is 16.4. The Morgan fingerprint density at radius 3 is 2.86 bits per heavy atom. The summed E-state index contributed by atoms with van der Waals surface area (Å²) in [5.41, 5.74) is 1.30. The van der Waals surface area contributed by atoms with Crippen molar-refractivity contribution in [1.82, 2.24) is 14.8 Å². The third-order valence-corrected chi connectivity index (χ3v) is 3.52. The Balaban J connectivity index is 1.92. The average Bonchev–Trinajstić information content (AvgIpc) is 3.03. The van der Waals surface area contributed by atoms with Crippen molar-refractivity contribution in [2.45, 2.75) is 13.3 Å². The number of aliphatic carboxylic acids is 1. The highest BCUT2D eigenvalue weighted by molar-refractivity contribution is 5.99. The lowest BCUT2D eigenvalue weighted by Crippen LogP contribution is -2.26. The van der Waals surface area contributed by atoms with E-state index in [2.05, 4.69) is 10.1 Å². The quantitative estimate of drug-likeness (QED) is 0.909. The number of amides is 1. The van der Waals surface area contributed by atoms with Crippen molar-refractivity contribution in [1.29, 1.82) is 0 Å². The molecule has 0 bridgehead atoms. The largest absolute Gasteiger partial charge is 0.481 e. The van der Waals surface area contributed by atoms with Crippen LogP contribution in [0.25, 0.3) is 5.82 Å². The minimum atomic E-state index is -0.944. The van der Waals surface area contributed by atoms with E-state index >= 15 is 0 Å². The highest BCUT2D eigenvalue weighted by Crippen LogP contribution is 2.28. The Kier molecular flexibility index (Phi) is 3.17. The molecular formula is C14H14N4O3. The third kappa shape index (κ3) is 2.37. The standard InChI is InChI=1S/C14H14N4O3/c1-9-11(17-7-10(14(20)21)6-13(17)19)8-18(16-9)12-4-2-3-5-15-12/h2-5,8,10H,6-7H2,1H3,(H,20,21)/t10-/m0/s1. The molecule has 0 radical (unpaired) electrons. The summed E-state index contributed by atoms with van der Waals surface area (Å²) in [6.07, 6.45) is 3.40. The molecule has 0 spiro atoms. The summed E-state index contributed by atoms with van der Waals surface area (Å²) >= 11 is 0. The van der Waals surface area contributed by atoms with Crippen LogP contribution in [0.3, 0.4) is 0 Å². The van der Waals surface area contributed by atoms with Gasteiger partial charge in [-0.15, -0.1) is 0 Å². The van der Waals surface area contributed by atoms with Crippen LogP contribution < -0.4 is 4.90 Å². The van der Waals surface area contributed by atoms with Gasteiger partial charge in [-0.1, -0.05) is 6.07 Å². The van der Waals surface area contributed by atoms with E-state index in [1.807, 2.05) is 18.2 Å². The molecule has 0 unspecified atom stereocenters. The fraction of sp³-hybridized carbons (Fsp3) is 0.286. The fourth-order valence-electron chi connectivity index (χ4n) is 2.43. The van der Waals surface area contributed by atoms with E-state index < -0.39 is 11.9 Å². The Hall–Kier alpha value is -2.70. The average molecular weight is 286 g/mol. The van der Waals surface area contributed by atoms with Gasteiger partial charge in [0, 0.05) is 19.2 Å². The van der Waals surface area contributed by atoms with Crippen LogP contribution in [0.2, 0.25) is 0 Å². The minimum absolute atomic E-state index is 0.0313. The topological polar surface area (TPSA) is 88.3 Å². The zero-order valence-electron chi connectivity index (χ0n) is 11.4. The molecule has 21 heavy (non-hydrogen) atoms. The van der Waals surface area contributed by atoms with Gasteiger partial charge in [-0.3, -0.25) is 9.59 Å². The van der Waals surface area contributed by atoms with Crippen LogP contribution in [0.1, 0.15) is 12.1 Å². The number of anilines is 1. The molecule has 1 saturated heterocycles. The lowest BCUT2D eigenvalue weighted by atomic mass is 10.1. The molecule has 0 aromatic carbocycles. The fourth-order valence-corrected chi connectivity index (χ4v) is 2.43. The van der Waals surface area contributed by atoms with Crippen LogP contribution in [0.15, 0.2) is 30.6 Å². The van der Waals surface area contributed by atoms with Crippen molar-refractivity contribution in [3.8, 4) is 5.82 Å². The molecule has 108 valence electrons. The van der Waals surface area contributed by atoms with Gasteiger partial charge in [0.2, 0.25) is 5.91 Å². The van der Waals surface area contributed by atoms with Gasteiger partial charge >= 0.3 is 5.97 Å². The summed E-state index contributed by atoms with van der Waals surface area (Å²) in [6.45, 7) is 1.97. The van der Waals surface area contributed by atoms with E-state index in [-0.39, 0.29) is 18.9 Å². The van der Waals surface area contributed by atoms with Crippen molar-refractivity contribution >= 4 is 17.6 Å². The molecule has 2 aromatic rings. The Bertz CT molecular complexity index is 695. The lowest BCUT2D eigenvalue weighted by molar-refractivity contribution is -0.141. The summed E-state index contributed by atoms with van der Waals surface area (Å²) < 4.78 is 1.59. The van der Waals surface area contributed by atoms with Gasteiger partial charge in [-0.2, -0.15) is 5.10 Å². The molecule has 2 aromatic heterocycles. The maximum absolute atomic E-state index is 12.0. The van der Waals surface area contributed by atoms with Crippen molar-refractivity contribution in [3.05, 3.63) is 36.3 Å². The number of carbonyl (C=O) groups is 2. The summed E-state index contributed by atoms with van der Waals surface area (Å²) in [4.78, 5) is 28.7. The summed E-state index contributed by atoms with van der Waals surface area (Å²) in [6, 6.07) is 5.46. The first-order valence-electron chi connectivity index (χ1n) is 6.57. The first kappa shape index (κ1) is 13.3. The highest BCUT2D eigenvalue weighted by Gasteiger charge is 2.36. The second-order valence-corrected chi connectivity index (χ2v) is 4.98. The Morgan fingerprint density at radius 1 is 1.43 bits per heavy atom. The Morgan fingerprint density at radius 2 is 2.24 bits per heavy atom. The van der Waals surface area contributed by atoms with E-state index in [9.17, 15) is 9.59 Å². The first-order valence-corrected chi connectivity index (χ1v) is 6.57. The number of aromatic nitrogens is 3. The van der Waals surface area contributed by atoms with Crippen LogP contribution in [0, 0.1) is 12.8 Å². The van der Waals surface area contributed by atoms with E-state index in [1.165, 1.54) is 4.90 Å². The monoisotopic (exact) mass is 286 g/mol. The lowest BCUT2D eigenvalue weighted by Gasteiger charge is -2.14. The number of carboxylic acids is 1. The molecule has 1 atom stereocenters. The maximum atomic E-state index is 12.0. The van der Waals surface area contributed by atoms with Crippen molar-refractivity contribution in [3.63, 3.8) is 0 Å². The summed E-state index contributed by atoms with van der Waals surface area (Å²) in [7, 11) is 0. The van der Waals surface area contributed by atoms with Gasteiger partial charge in [0.1, 0.15) is 0 Å². The van der Waals surface area contributed by atoms with Crippen molar-refractivity contribution < 1.29 is 14.7 Å². The number of aryl methyl sites for hydroxylation is 1. The number of carboxylic acid groups (broad SMARTS) is 1. The first-order chi connectivity index (χ1) is 10.1. The molecule has 1 aliphatic heterocycles. The normalized spacial score (nSPS) is 18.2. The van der Waals surface area contributed by atoms with E-state index in [1.54, 1.807) is 24.0 Å². The molecule has 7 nitrogen and oxygen atoms in total. The SMILES string of the molecule is Cc1nn(-c2ccccn2)cc1N1C[C@@H](C(=O)O)CC1=O. The molecular weight excluding hydrogens is 272 g/mol. The number of pyridine rings is 1. The van der Waals surface area contributed by atoms with Crippen molar-refractivity contribution in [2.75, 3.05) is 11.4 Å². The second-order valence-electron chi connectivity index (χ2n) is 4.98. The molecule has 1 N–H and O–H groups in total. The predicted molar refractivity (Wildman–Crippen MR) is 74.2 cm³/mol. The van der Waals surface area contributed by atoms with Gasteiger partial charge < -0.3 is 10.0 Å². The van der Waals surface area contributed by atoms with E-state index in [4.69, 9.17) is 5.11 Å². The van der Waals surface area contributed by atoms with Crippen LogP contribution in [0.5, 0.6) is 0 Å². The van der Waals surface area contributed by atoms with E-state index in [0.29, 0.717) is 17.2 Å². The molecule has 1 amide bonds. The number of hydrogen-bond donors (Lipinski definition) is 1. The summed E-state index contributed by atoms with van der Waals surface area (Å²) in [5.74, 6) is -1.14. The Labute approximate surface area is 120 Å². The molecule has 1 aliphatic rings. The molecule has 3 heterocycles.